The Labute approximate surface area is 132 Å². The zero-order valence-corrected chi connectivity index (χ0v) is 13.3. The van der Waals surface area contributed by atoms with Gasteiger partial charge in [0.1, 0.15) is 0 Å². The van der Waals surface area contributed by atoms with E-state index in [9.17, 15) is 9.90 Å². The summed E-state index contributed by atoms with van der Waals surface area (Å²) in [6.45, 7) is 3.87. The van der Waals surface area contributed by atoms with Crippen LogP contribution in [0.4, 0.5) is 4.79 Å². The maximum absolute atomic E-state index is 12.4. The molecule has 1 aliphatic carbocycles. The van der Waals surface area contributed by atoms with E-state index in [4.69, 9.17) is 0 Å². The minimum Gasteiger partial charge on any atom is -0.396 e. The monoisotopic (exact) mass is 302 g/mol. The van der Waals surface area contributed by atoms with Gasteiger partial charge >= 0.3 is 6.03 Å². The van der Waals surface area contributed by atoms with Crippen LogP contribution >= 0.6 is 0 Å². The van der Waals surface area contributed by atoms with Crippen molar-refractivity contribution < 1.29 is 9.90 Å². The molecule has 2 fully saturated rings. The molecule has 1 aromatic carbocycles. The van der Waals surface area contributed by atoms with Crippen molar-refractivity contribution in [3.8, 4) is 0 Å². The number of rotatable bonds is 4. The molecule has 2 unspecified atom stereocenters. The number of carbonyl (C=O) groups excluding carboxylic acids is 1. The van der Waals surface area contributed by atoms with Gasteiger partial charge in [-0.25, -0.2) is 4.79 Å². The molecule has 4 heteroatoms. The third-order valence-corrected chi connectivity index (χ3v) is 5.52. The molecular formula is C18H26N2O2. The van der Waals surface area contributed by atoms with Crippen molar-refractivity contribution in [2.45, 2.75) is 44.6 Å². The summed E-state index contributed by atoms with van der Waals surface area (Å²) < 4.78 is 0. The van der Waals surface area contributed by atoms with Crippen LogP contribution in [0.1, 0.15) is 44.1 Å². The summed E-state index contributed by atoms with van der Waals surface area (Å²) in [6, 6.07) is 10.7. The Kier molecular flexibility index (Phi) is 4.39. The fourth-order valence-electron chi connectivity index (χ4n) is 3.48. The maximum atomic E-state index is 12.4. The summed E-state index contributed by atoms with van der Waals surface area (Å²) in [4.78, 5) is 14.3. The number of carbonyl (C=O) groups is 1. The molecule has 120 valence electrons. The SMILES string of the molecule is CCC1(CO)CCN(C(=O)NC2CC2c2ccccc2)CC1. The van der Waals surface area contributed by atoms with E-state index in [0.29, 0.717) is 5.92 Å². The molecule has 2 atom stereocenters. The molecule has 1 saturated heterocycles. The van der Waals surface area contributed by atoms with Crippen molar-refractivity contribution >= 4 is 6.03 Å². The number of likely N-dealkylation sites (tertiary alicyclic amines) is 1. The summed E-state index contributed by atoms with van der Waals surface area (Å²) in [5, 5.41) is 12.7. The van der Waals surface area contributed by atoms with E-state index in [1.165, 1.54) is 5.56 Å². The van der Waals surface area contributed by atoms with Crippen LogP contribution in [-0.4, -0.2) is 41.8 Å². The van der Waals surface area contributed by atoms with Crippen molar-refractivity contribution in [2.24, 2.45) is 5.41 Å². The number of aliphatic hydroxyl groups is 1. The van der Waals surface area contributed by atoms with Crippen molar-refractivity contribution in [1.82, 2.24) is 10.2 Å². The van der Waals surface area contributed by atoms with Crippen molar-refractivity contribution in [2.75, 3.05) is 19.7 Å². The third-order valence-electron chi connectivity index (χ3n) is 5.52. The normalized spacial score (nSPS) is 26.5. The van der Waals surface area contributed by atoms with Gasteiger partial charge in [0.05, 0.1) is 0 Å². The number of amides is 2. The molecule has 22 heavy (non-hydrogen) atoms. The molecule has 2 amide bonds. The highest BCUT2D eigenvalue weighted by atomic mass is 16.3. The van der Waals surface area contributed by atoms with Gasteiger partial charge in [-0.05, 0) is 36.7 Å². The highest BCUT2D eigenvalue weighted by Gasteiger charge is 2.41. The van der Waals surface area contributed by atoms with Gasteiger partial charge in [-0.3, -0.25) is 0 Å². The maximum Gasteiger partial charge on any atom is 0.317 e. The van der Waals surface area contributed by atoms with Gasteiger partial charge in [-0.2, -0.15) is 0 Å². The fourth-order valence-corrected chi connectivity index (χ4v) is 3.48. The number of urea groups is 1. The van der Waals surface area contributed by atoms with E-state index >= 15 is 0 Å². The lowest BCUT2D eigenvalue weighted by molar-refractivity contribution is 0.0519. The predicted octanol–water partition coefficient (Wildman–Crippen LogP) is 2.74. The molecule has 4 nitrogen and oxygen atoms in total. The van der Waals surface area contributed by atoms with Gasteiger partial charge < -0.3 is 15.3 Å². The van der Waals surface area contributed by atoms with Crippen molar-refractivity contribution in [1.29, 1.82) is 0 Å². The number of aliphatic hydroxyl groups excluding tert-OH is 1. The summed E-state index contributed by atoms with van der Waals surface area (Å²) in [5.74, 6) is 0.474. The Morgan fingerprint density at radius 2 is 2.00 bits per heavy atom. The van der Waals surface area contributed by atoms with Crippen LogP contribution < -0.4 is 5.32 Å². The van der Waals surface area contributed by atoms with Crippen molar-refractivity contribution in [3.63, 3.8) is 0 Å². The molecule has 1 saturated carbocycles. The molecule has 0 radical (unpaired) electrons. The molecule has 0 aromatic heterocycles. The first-order valence-electron chi connectivity index (χ1n) is 8.39. The topological polar surface area (TPSA) is 52.6 Å². The number of nitrogens with one attached hydrogen (secondary N) is 1. The molecule has 2 aliphatic rings. The van der Waals surface area contributed by atoms with Gasteiger partial charge in [0.25, 0.3) is 0 Å². The second-order valence-electron chi connectivity index (χ2n) is 6.81. The van der Waals surface area contributed by atoms with Gasteiger partial charge in [0, 0.05) is 31.7 Å². The van der Waals surface area contributed by atoms with Crippen LogP contribution in [0.15, 0.2) is 30.3 Å². The number of piperidine rings is 1. The van der Waals surface area contributed by atoms with Gasteiger partial charge in [0.15, 0.2) is 0 Å². The molecule has 1 heterocycles. The average molecular weight is 302 g/mol. The lowest BCUT2D eigenvalue weighted by Crippen LogP contribution is -2.48. The van der Waals surface area contributed by atoms with Crippen LogP contribution in [0.2, 0.25) is 0 Å². The summed E-state index contributed by atoms with van der Waals surface area (Å²) in [7, 11) is 0. The summed E-state index contributed by atoms with van der Waals surface area (Å²) in [5.41, 5.74) is 1.35. The zero-order chi connectivity index (χ0) is 15.6. The highest BCUT2D eigenvalue weighted by molar-refractivity contribution is 5.75. The largest absolute Gasteiger partial charge is 0.396 e. The lowest BCUT2D eigenvalue weighted by atomic mass is 9.77. The summed E-state index contributed by atoms with van der Waals surface area (Å²) >= 11 is 0. The van der Waals surface area contributed by atoms with E-state index in [-0.39, 0.29) is 24.1 Å². The van der Waals surface area contributed by atoms with Crippen LogP contribution in [0.3, 0.4) is 0 Å². The Bertz CT molecular complexity index is 503. The van der Waals surface area contributed by atoms with Gasteiger partial charge in [0.2, 0.25) is 0 Å². The Hall–Kier alpha value is -1.55. The Morgan fingerprint density at radius 1 is 1.32 bits per heavy atom. The Balaban J connectivity index is 1.48. The second-order valence-corrected chi connectivity index (χ2v) is 6.81. The second kappa shape index (κ2) is 6.29. The smallest absolute Gasteiger partial charge is 0.317 e. The predicted molar refractivity (Wildman–Crippen MR) is 86.7 cm³/mol. The van der Waals surface area contributed by atoms with E-state index in [0.717, 1.165) is 38.8 Å². The van der Waals surface area contributed by atoms with Gasteiger partial charge in [-0.15, -0.1) is 0 Å². The number of nitrogens with zero attached hydrogens (tertiary/aromatic N) is 1. The quantitative estimate of drug-likeness (QED) is 0.898. The first kappa shape index (κ1) is 15.3. The highest BCUT2D eigenvalue weighted by Crippen LogP contribution is 2.41. The summed E-state index contributed by atoms with van der Waals surface area (Å²) in [6.07, 6.45) is 3.83. The molecule has 1 aliphatic heterocycles. The van der Waals surface area contributed by atoms with Crippen LogP contribution in [0.5, 0.6) is 0 Å². The minimum absolute atomic E-state index is 0.0307. The number of hydrogen-bond acceptors (Lipinski definition) is 2. The Morgan fingerprint density at radius 3 is 2.59 bits per heavy atom. The molecule has 1 aromatic rings. The molecule has 2 N–H and O–H groups in total. The zero-order valence-electron chi connectivity index (χ0n) is 13.3. The fraction of sp³-hybridized carbons (Fsp3) is 0.611. The number of hydrogen-bond donors (Lipinski definition) is 2. The van der Waals surface area contributed by atoms with Crippen LogP contribution in [0.25, 0.3) is 0 Å². The van der Waals surface area contributed by atoms with E-state index in [1.54, 1.807) is 0 Å². The molecule has 0 spiro atoms. The molecular weight excluding hydrogens is 276 g/mol. The van der Waals surface area contributed by atoms with Crippen molar-refractivity contribution in [3.05, 3.63) is 35.9 Å². The average Bonchev–Trinajstić information content (AvgIpc) is 3.35. The minimum atomic E-state index is 0.0307. The van der Waals surface area contributed by atoms with E-state index in [2.05, 4.69) is 36.5 Å². The third kappa shape index (κ3) is 3.12. The molecule has 0 bridgehead atoms. The van der Waals surface area contributed by atoms with Crippen LogP contribution in [0, 0.1) is 5.41 Å². The van der Waals surface area contributed by atoms with Crippen LogP contribution in [-0.2, 0) is 0 Å². The number of benzene rings is 1. The standard InChI is InChI=1S/C18H26N2O2/c1-2-18(13-21)8-10-20(11-9-18)17(22)19-16-12-15(16)14-6-4-3-5-7-14/h3-7,15-16,21H,2,8-13H2,1H3,(H,19,22). The van der Waals surface area contributed by atoms with E-state index in [1.807, 2.05) is 11.0 Å². The lowest BCUT2D eigenvalue weighted by Gasteiger charge is -2.40. The van der Waals surface area contributed by atoms with Gasteiger partial charge in [-0.1, -0.05) is 37.3 Å². The molecule has 3 rings (SSSR count). The first-order valence-corrected chi connectivity index (χ1v) is 8.39. The first-order chi connectivity index (χ1) is 10.7. The van der Waals surface area contributed by atoms with E-state index < -0.39 is 0 Å².